The minimum absolute atomic E-state index is 0.0697. The molecule has 2 rings (SSSR count). The van der Waals surface area contributed by atoms with Crippen LogP contribution >= 0.6 is 24.0 Å². The monoisotopic (exact) mass is 423 g/mol. The lowest BCUT2D eigenvalue weighted by atomic mass is 10.2. The van der Waals surface area contributed by atoms with Gasteiger partial charge in [0.2, 0.25) is 5.91 Å². The highest BCUT2D eigenvalue weighted by Gasteiger charge is 2.18. The van der Waals surface area contributed by atoms with Crippen molar-refractivity contribution in [3.8, 4) is 0 Å². The summed E-state index contributed by atoms with van der Waals surface area (Å²) in [7, 11) is 1.49. The summed E-state index contributed by atoms with van der Waals surface area (Å²) in [5, 5.41) is 2.72. The Kier molecular flexibility index (Phi) is 8.72. The van der Waals surface area contributed by atoms with Gasteiger partial charge in [-0.1, -0.05) is 41.7 Å². The van der Waals surface area contributed by atoms with Crippen LogP contribution in [-0.2, 0) is 19.1 Å². The molecular formula is C19H25N3O4S2. The number of likely N-dealkylation sites (N-methyl/N-ethyl adjacent to an activating group) is 1. The lowest BCUT2D eigenvalue weighted by molar-refractivity contribution is -0.149. The molecule has 1 aromatic rings. The van der Waals surface area contributed by atoms with Crippen LogP contribution in [0.25, 0.3) is 0 Å². The zero-order chi connectivity index (χ0) is 20.5. The largest absolute Gasteiger partial charge is 0.455 e. The van der Waals surface area contributed by atoms with E-state index >= 15 is 0 Å². The number of ether oxygens (including phenoxy) is 1. The topological polar surface area (TPSA) is 79.0 Å². The van der Waals surface area contributed by atoms with Crippen molar-refractivity contribution in [2.45, 2.75) is 19.8 Å². The highest BCUT2D eigenvalue weighted by atomic mass is 32.2. The zero-order valence-electron chi connectivity index (χ0n) is 16.1. The number of anilines is 1. The Balaban J connectivity index is 1.65. The normalized spacial score (nSPS) is 13.1. The van der Waals surface area contributed by atoms with Crippen molar-refractivity contribution in [1.82, 2.24) is 9.80 Å². The standard InChI is InChI=1S/C19H25N3O4S2/c1-14-5-7-15(8-6-14)20-16(23)11-21(2)17(24)12-26-18(25)13-28-19(27)22-9-3-4-10-22/h5-8H,3-4,9-13H2,1-2H3,(H,20,23). The second kappa shape index (κ2) is 11.0. The minimum atomic E-state index is -0.502. The Hall–Kier alpha value is -2.13. The first kappa shape index (κ1) is 22.2. The third-order valence-electron chi connectivity index (χ3n) is 4.18. The highest BCUT2D eigenvalue weighted by molar-refractivity contribution is 8.23. The fourth-order valence-corrected chi connectivity index (χ4v) is 3.60. The number of hydrogen-bond donors (Lipinski definition) is 1. The molecule has 0 atom stereocenters. The van der Waals surface area contributed by atoms with Crippen LogP contribution in [0, 0.1) is 6.92 Å². The Morgan fingerprint density at radius 3 is 2.50 bits per heavy atom. The number of nitrogens with one attached hydrogen (secondary N) is 1. The van der Waals surface area contributed by atoms with Gasteiger partial charge in [0.15, 0.2) is 6.61 Å². The maximum atomic E-state index is 12.1. The SMILES string of the molecule is Cc1ccc(NC(=O)CN(C)C(=O)COC(=O)CSC(=S)N2CCCC2)cc1. The van der Waals surface area contributed by atoms with Crippen LogP contribution in [0.5, 0.6) is 0 Å². The molecule has 9 heteroatoms. The van der Waals surface area contributed by atoms with Crippen molar-refractivity contribution in [3.05, 3.63) is 29.8 Å². The number of likely N-dealkylation sites (tertiary alicyclic amines) is 1. The van der Waals surface area contributed by atoms with E-state index in [0.29, 0.717) is 10.0 Å². The molecule has 1 aliphatic heterocycles. The van der Waals surface area contributed by atoms with Crippen molar-refractivity contribution in [2.24, 2.45) is 0 Å². The van der Waals surface area contributed by atoms with E-state index in [9.17, 15) is 14.4 Å². The summed E-state index contributed by atoms with van der Waals surface area (Å²) in [6.45, 7) is 3.28. The molecule has 0 unspecified atom stereocenters. The van der Waals surface area contributed by atoms with Crippen molar-refractivity contribution in [2.75, 3.05) is 44.4 Å². The number of rotatable bonds is 7. The Morgan fingerprint density at radius 2 is 1.86 bits per heavy atom. The van der Waals surface area contributed by atoms with E-state index in [2.05, 4.69) is 10.2 Å². The molecule has 2 amide bonds. The fourth-order valence-electron chi connectivity index (χ4n) is 2.55. The van der Waals surface area contributed by atoms with Gasteiger partial charge in [0.05, 0.1) is 12.3 Å². The van der Waals surface area contributed by atoms with E-state index in [1.54, 1.807) is 12.1 Å². The van der Waals surface area contributed by atoms with Gasteiger partial charge in [-0.05, 0) is 31.9 Å². The summed E-state index contributed by atoms with van der Waals surface area (Å²) in [6.07, 6.45) is 2.23. The van der Waals surface area contributed by atoms with E-state index in [4.69, 9.17) is 17.0 Å². The van der Waals surface area contributed by atoms with Gasteiger partial charge in [-0.2, -0.15) is 0 Å². The summed E-state index contributed by atoms with van der Waals surface area (Å²) in [4.78, 5) is 39.2. The first-order valence-electron chi connectivity index (χ1n) is 9.03. The maximum Gasteiger partial charge on any atom is 0.316 e. The van der Waals surface area contributed by atoms with Crippen LogP contribution in [0.3, 0.4) is 0 Å². The Morgan fingerprint density at radius 1 is 1.21 bits per heavy atom. The van der Waals surface area contributed by atoms with Crippen molar-refractivity contribution in [3.63, 3.8) is 0 Å². The van der Waals surface area contributed by atoms with Gasteiger partial charge in [-0.3, -0.25) is 14.4 Å². The summed E-state index contributed by atoms with van der Waals surface area (Å²) >= 11 is 6.53. The molecule has 1 N–H and O–H groups in total. The molecule has 7 nitrogen and oxygen atoms in total. The van der Waals surface area contributed by atoms with Gasteiger partial charge in [-0.25, -0.2) is 0 Å². The van der Waals surface area contributed by atoms with Crippen LogP contribution in [0.4, 0.5) is 5.69 Å². The van der Waals surface area contributed by atoms with Gasteiger partial charge >= 0.3 is 5.97 Å². The van der Waals surface area contributed by atoms with Crippen LogP contribution in [-0.4, -0.2) is 70.9 Å². The molecule has 0 aliphatic carbocycles. The predicted molar refractivity (Wildman–Crippen MR) is 114 cm³/mol. The van der Waals surface area contributed by atoms with E-state index < -0.39 is 18.5 Å². The third kappa shape index (κ3) is 7.47. The number of carbonyl (C=O) groups excluding carboxylic acids is 3. The second-order valence-corrected chi connectivity index (χ2v) is 8.18. The van der Waals surface area contributed by atoms with Crippen LogP contribution in [0.2, 0.25) is 0 Å². The number of amides is 2. The smallest absolute Gasteiger partial charge is 0.316 e. The van der Waals surface area contributed by atoms with Crippen LogP contribution in [0.1, 0.15) is 18.4 Å². The number of thioether (sulfide) groups is 1. The lowest BCUT2D eigenvalue weighted by Crippen LogP contribution is -2.37. The molecular weight excluding hydrogens is 398 g/mol. The molecule has 1 fully saturated rings. The van der Waals surface area contributed by atoms with Gasteiger partial charge in [-0.15, -0.1) is 0 Å². The quantitative estimate of drug-likeness (QED) is 0.531. The summed E-state index contributed by atoms with van der Waals surface area (Å²) in [5.74, 6) is -1.20. The molecule has 0 spiro atoms. The molecule has 28 heavy (non-hydrogen) atoms. The first-order valence-corrected chi connectivity index (χ1v) is 10.4. The van der Waals surface area contributed by atoms with Crippen molar-refractivity contribution >= 4 is 51.8 Å². The molecule has 1 aliphatic rings. The predicted octanol–water partition coefficient (Wildman–Crippen LogP) is 2.05. The maximum absolute atomic E-state index is 12.1. The Bertz CT molecular complexity index is 718. The van der Waals surface area contributed by atoms with Gasteiger partial charge < -0.3 is 19.9 Å². The molecule has 1 saturated heterocycles. The van der Waals surface area contributed by atoms with Gasteiger partial charge in [0, 0.05) is 25.8 Å². The number of carbonyl (C=O) groups is 3. The summed E-state index contributed by atoms with van der Waals surface area (Å²) < 4.78 is 5.68. The molecule has 1 heterocycles. The molecule has 0 saturated carbocycles. The van der Waals surface area contributed by atoms with E-state index in [0.717, 1.165) is 31.5 Å². The van der Waals surface area contributed by atoms with Crippen molar-refractivity contribution < 1.29 is 19.1 Å². The number of nitrogens with zero attached hydrogens (tertiary/aromatic N) is 2. The molecule has 152 valence electrons. The van der Waals surface area contributed by atoms with Crippen LogP contribution < -0.4 is 5.32 Å². The van der Waals surface area contributed by atoms with E-state index in [1.807, 2.05) is 19.1 Å². The highest BCUT2D eigenvalue weighted by Crippen LogP contribution is 2.16. The number of benzene rings is 1. The molecule has 0 radical (unpaired) electrons. The van der Waals surface area contributed by atoms with E-state index in [1.165, 1.54) is 23.7 Å². The average molecular weight is 424 g/mol. The molecule has 0 aromatic heterocycles. The first-order chi connectivity index (χ1) is 13.3. The zero-order valence-corrected chi connectivity index (χ0v) is 17.7. The fraction of sp³-hybridized carbons (Fsp3) is 0.474. The van der Waals surface area contributed by atoms with Gasteiger partial charge in [0.1, 0.15) is 4.32 Å². The van der Waals surface area contributed by atoms with Gasteiger partial charge in [0.25, 0.3) is 5.91 Å². The Labute approximate surface area is 174 Å². The summed E-state index contributed by atoms with van der Waals surface area (Å²) in [5.41, 5.74) is 1.75. The average Bonchev–Trinajstić information content (AvgIpc) is 3.20. The molecule has 0 bridgehead atoms. The third-order valence-corrected chi connectivity index (χ3v) is 5.67. The van der Waals surface area contributed by atoms with E-state index in [-0.39, 0.29) is 18.2 Å². The molecule has 1 aromatic carbocycles. The number of thiocarbonyl (C=S) groups is 1. The van der Waals surface area contributed by atoms with Crippen LogP contribution in [0.15, 0.2) is 24.3 Å². The van der Waals surface area contributed by atoms with Crippen molar-refractivity contribution in [1.29, 1.82) is 0 Å². The second-order valence-electron chi connectivity index (χ2n) is 6.57. The number of hydrogen-bond acceptors (Lipinski definition) is 6. The number of aryl methyl sites for hydroxylation is 1. The minimum Gasteiger partial charge on any atom is -0.455 e. The number of esters is 1. The summed E-state index contributed by atoms with van der Waals surface area (Å²) in [6, 6.07) is 7.36. The lowest BCUT2D eigenvalue weighted by Gasteiger charge is -2.18.